The number of hydrogen-bond donors (Lipinski definition) is 2. The van der Waals surface area contributed by atoms with E-state index in [0.29, 0.717) is 34.7 Å². The van der Waals surface area contributed by atoms with E-state index < -0.39 is 10.0 Å². The van der Waals surface area contributed by atoms with E-state index in [1.165, 1.54) is 11.4 Å². The second kappa shape index (κ2) is 9.09. The standard InChI is InChI=1S/C19H22ClN3O3S2/c1-26-17-10-9-16(22-19(27)21-15-7-5-14(20)6-8-15)13-18(17)28(24,25)23-11-3-2-4-12-23/h5-10,13H,2-4,11-12H2,1H3,(H2,21,22,27). The van der Waals surface area contributed by atoms with Gasteiger partial charge in [0.2, 0.25) is 10.0 Å². The van der Waals surface area contributed by atoms with Crippen LogP contribution in [0.15, 0.2) is 47.4 Å². The summed E-state index contributed by atoms with van der Waals surface area (Å²) in [5.41, 5.74) is 1.33. The summed E-state index contributed by atoms with van der Waals surface area (Å²) in [6.07, 6.45) is 2.79. The first-order valence-electron chi connectivity index (χ1n) is 8.92. The van der Waals surface area contributed by atoms with Crippen LogP contribution >= 0.6 is 23.8 Å². The zero-order valence-electron chi connectivity index (χ0n) is 15.4. The summed E-state index contributed by atoms with van der Waals surface area (Å²) in [5, 5.41) is 7.03. The second-order valence-corrected chi connectivity index (χ2v) is 9.17. The lowest BCUT2D eigenvalue weighted by Crippen LogP contribution is -2.35. The van der Waals surface area contributed by atoms with Crippen LogP contribution in [0, 0.1) is 0 Å². The highest BCUT2D eigenvalue weighted by molar-refractivity contribution is 7.89. The lowest BCUT2D eigenvalue weighted by atomic mass is 10.2. The van der Waals surface area contributed by atoms with Crippen molar-refractivity contribution in [2.75, 3.05) is 30.8 Å². The molecule has 6 nitrogen and oxygen atoms in total. The molecule has 0 atom stereocenters. The number of halogens is 1. The number of thiocarbonyl (C=S) groups is 1. The van der Waals surface area contributed by atoms with Gasteiger partial charge in [-0.2, -0.15) is 4.31 Å². The highest BCUT2D eigenvalue weighted by Crippen LogP contribution is 2.31. The molecule has 1 aliphatic rings. The summed E-state index contributed by atoms with van der Waals surface area (Å²) in [5.74, 6) is 0.313. The minimum atomic E-state index is -3.64. The van der Waals surface area contributed by atoms with Gasteiger partial charge < -0.3 is 15.4 Å². The average Bonchev–Trinajstić information content (AvgIpc) is 2.70. The number of benzene rings is 2. The molecule has 1 fully saturated rings. The molecule has 1 aliphatic heterocycles. The maximum absolute atomic E-state index is 13.1. The number of anilines is 2. The van der Waals surface area contributed by atoms with Crippen LogP contribution in [0.2, 0.25) is 5.02 Å². The zero-order chi connectivity index (χ0) is 20.1. The summed E-state index contributed by atoms with van der Waals surface area (Å²) in [6, 6.07) is 12.0. The molecule has 0 saturated carbocycles. The molecule has 28 heavy (non-hydrogen) atoms. The van der Waals surface area contributed by atoms with Crippen molar-refractivity contribution in [2.24, 2.45) is 0 Å². The molecule has 1 saturated heterocycles. The third kappa shape index (κ3) is 4.94. The van der Waals surface area contributed by atoms with Crippen LogP contribution in [0.4, 0.5) is 11.4 Å². The van der Waals surface area contributed by atoms with Gasteiger partial charge in [-0.1, -0.05) is 18.0 Å². The van der Waals surface area contributed by atoms with E-state index in [4.69, 9.17) is 28.6 Å². The predicted molar refractivity (Wildman–Crippen MR) is 117 cm³/mol. The Hall–Kier alpha value is -1.87. The van der Waals surface area contributed by atoms with Crippen LogP contribution in [0.3, 0.4) is 0 Å². The van der Waals surface area contributed by atoms with Gasteiger partial charge in [-0.25, -0.2) is 8.42 Å². The monoisotopic (exact) mass is 439 g/mol. The van der Waals surface area contributed by atoms with Crippen molar-refractivity contribution in [3.63, 3.8) is 0 Å². The van der Waals surface area contributed by atoms with Gasteiger partial charge in [-0.15, -0.1) is 0 Å². The molecule has 9 heteroatoms. The van der Waals surface area contributed by atoms with Gasteiger partial charge in [0, 0.05) is 29.5 Å². The predicted octanol–water partition coefficient (Wildman–Crippen LogP) is 4.33. The normalized spacial score (nSPS) is 15.1. The molecule has 0 amide bonds. The van der Waals surface area contributed by atoms with Gasteiger partial charge in [0.1, 0.15) is 10.6 Å². The Morgan fingerprint density at radius 1 is 1.04 bits per heavy atom. The minimum Gasteiger partial charge on any atom is -0.495 e. The van der Waals surface area contributed by atoms with Crippen LogP contribution in [-0.2, 0) is 10.0 Å². The zero-order valence-corrected chi connectivity index (χ0v) is 17.8. The molecule has 0 spiro atoms. The Kier molecular flexibility index (Phi) is 6.77. The van der Waals surface area contributed by atoms with Crippen LogP contribution in [0.1, 0.15) is 19.3 Å². The second-order valence-electron chi connectivity index (χ2n) is 6.42. The molecule has 150 valence electrons. The molecular formula is C19H22ClN3O3S2. The quantitative estimate of drug-likeness (QED) is 0.675. The van der Waals surface area contributed by atoms with E-state index >= 15 is 0 Å². The number of nitrogens with one attached hydrogen (secondary N) is 2. The molecule has 0 aromatic heterocycles. The Balaban J connectivity index is 1.80. The number of sulfonamides is 1. The Morgan fingerprint density at radius 3 is 2.29 bits per heavy atom. The molecule has 3 rings (SSSR count). The summed E-state index contributed by atoms with van der Waals surface area (Å²) in [7, 11) is -2.17. The van der Waals surface area contributed by atoms with Crippen molar-refractivity contribution >= 4 is 50.3 Å². The summed E-state index contributed by atoms with van der Waals surface area (Å²) >= 11 is 11.2. The summed E-state index contributed by atoms with van der Waals surface area (Å²) in [4.78, 5) is 0.135. The number of piperidine rings is 1. The SMILES string of the molecule is COc1ccc(NC(=S)Nc2ccc(Cl)cc2)cc1S(=O)(=O)N1CCCCC1. The molecular weight excluding hydrogens is 418 g/mol. The number of hydrogen-bond acceptors (Lipinski definition) is 4. The highest BCUT2D eigenvalue weighted by atomic mass is 35.5. The highest BCUT2D eigenvalue weighted by Gasteiger charge is 2.29. The van der Waals surface area contributed by atoms with Crippen molar-refractivity contribution in [3.8, 4) is 5.75 Å². The summed E-state index contributed by atoms with van der Waals surface area (Å²) in [6.45, 7) is 1.05. The van der Waals surface area contributed by atoms with E-state index in [1.807, 2.05) is 0 Å². The van der Waals surface area contributed by atoms with Crippen molar-refractivity contribution < 1.29 is 13.2 Å². The first-order valence-corrected chi connectivity index (χ1v) is 11.1. The molecule has 2 aromatic rings. The lowest BCUT2D eigenvalue weighted by molar-refractivity contribution is 0.343. The third-order valence-corrected chi connectivity index (χ3v) is 6.83. The Labute approximate surface area is 175 Å². The Morgan fingerprint density at radius 2 is 1.64 bits per heavy atom. The lowest BCUT2D eigenvalue weighted by Gasteiger charge is -2.26. The van der Waals surface area contributed by atoms with Crippen molar-refractivity contribution in [2.45, 2.75) is 24.2 Å². The number of ether oxygens (including phenoxy) is 1. The summed E-state index contributed by atoms with van der Waals surface area (Å²) < 4.78 is 33.0. The van der Waals surface area contributed by atoms with Crippen LogP contribution < -0.4 is 15.4 Å². The first-order chi connectivity index (χ1) is 13.4. The first kappa shape index (κ1) is 20.9. The minimum absolute atomic E-state index is 0.135. The smallest absolute Gasteiger partial charge is 0.246 e. The molecule has 0 unspecified atom stereocenters. The van der Waals surface area contributed by atoms with Gasteiger partial charge in [-0.05, 0) is 67.5 Å². The average molecular weight is 440 g/mol. The fourth-order valence-corrected chi connectivity index (χ4v) is 5.09. The molecule has 2 N–H and O–H groups in total. The van der Waals surface area contributed by atoms with E-state index in [0.717, 1.165) is 24.9 Å². The fourth-order valence-electron chi connectivity index (χ4n) is 3.03. The number of methoxy groups -OCH3 is 1. The number of rotatable bonds is 5. The molecule has 0 bridgehead atoms. The molecule has 0 aliphatic carbocycles. The van der Waals surface area contributed by atoms with Gasteiger partial charge >= 0.3 is 0 Å². The van der Waals surface area contributed by atoms with Crippen molar-refractivity contribution in [1.82, 2.24) is 4.31 Å². The van der Waals surface area contributed by atoms with Crippen LogP contribution in [-0.4, -0.2) is 38.0 Å². The van der Waals surface area contributed by atoms with Crippen molar-refractivity contribution in [3.05, 3.63) is 47.5 Å². The molecule has 0 radical (unpaired) electrons. The van der Waals surface area contributed by atoms with E-state index in [9.17, 15) is 8.42 Å². The van der Waals surface area contributed by atoms with Crippen molar-refractivity contribution in [1.29, 1.82) is 0 Å². The van der Waals surface area contributed by atoms with Crippen LogP contribution in [0.25, 0.3) is 0 Å². The van der Waals surface area contributed by atoms with Gasteiger partial charge in [0.05, 0.1) is 7.11 Å². The largest absolute Gasteiger partial charge is 0.495 e. The Bertz CT molecular complexity index is 943. The number of nitrogens with zero attached hydrogens (tertiary/aromatic N) is 1. The molecule has 2 aromatic carbocycles. The fraction of sp³-hybridized carbons (Fsp3) is 0.316. The van der Waals surface area contributed by atoms with Gasteiger partial charge in [0.25, 0.3) is 0 Å². The van der Waals surface area contributed by atoms with Gasteiger partial charge in [0.15, 0.2) is 5.11 Å². The van der Waals surface area contributed by atoms with E-state index in [2.05, 4.69) is 10.6 Å². The van der Waals surface area contributed by atoms with E-state index in [1.54, 1.807) is 42.5 Å². The maximum atomic E-state index is 13.1. The van der Waals surface area contributed by atoms with Gasteiger partial charge in [-0.3, -0.25) is 0 Å². The third-order valence-electron chi connectivity index (χ3n) is 4.46. The van der Waals surface area contributed by atoms with E-state index in [-0.39, 0.29) is 4.90 Å². The maximum Gasteiger partial charge on any atom is 0.246 e. The topological polar surface area (TPSA) is 70.7 Å². The molecule has 1 heterocycles. The van der Waals surface area contributed by atoms with Crippen LogP contribution in [0.5, 0.6) is 5.75 Å².